The zero-order chi connectivity index (χ0) is 18.1. The Kier molecular flexibility index (Phi) is 4.44. The fraction of sp³-hybridized carbons (Fsp3) is 0.211. The Hall–Kier alpha value is -2.70. The van der Waals surface area contributed by atoms with Crippen LogP contribution >= 0.6 is 11.6 Å². The van der Waals surface area contributed by atoms with Gasteiger partial charge < -0.3 is 8.82 Å². The molecule has 3 aromatic heterocycles. The van der Waals surface area contributed by atoms with Gasteiger partial charge in [-0.05, 0) is 38.2 Å². The summed E-state index contributed by atoms with van der Waals surface area (Å²) in [5.74, 6) is 1.11. The molecule has 1 aromatic carbocycles. The minimum Gasteiger partial charge on any atom is -0.419 e. The van der Waals surface area contributed by atoms with E-state index in [1.54, 1.807) is 0 Å². The first-order valence-corrected chi connectivity index (χ1v) is 8.67. The second-order valence-electron chi connectivity index (χ2n) is 6.26. The van der Waals surface area contributed by atoms with Crippen molar-refractivity contribution < 1.29 is 4.42 Å². The monoisotopic (exact) mass is 367 g/mol. The van der Waals surface area contributed by atoms with E-state index < -0.39 is 0 Å². The molecule has 0 atom stereocenters. The highest BCUT2D eigenvalue weighted by Gasteiger charge is 2.14. The summed E-state index contributed by atoms with van der Waals surface area (Å²) >= 11 is 6.13. The zero-order valence-corrected chi connectivity index (χ0v) is 15.3. The molecule has 0 aliphatic rings. The summed E-state index contributed by atoms with van der Waals surface area (Å²) in [4.78, 5) is 6.70. The largest absolute Gasteiger partial charge is 0.419 e. The Morgan fingerprint density at radius 2 is 1.88 bits per heavy atom. The molecule has 3 heterocycles. The van der Waals surface area contributed by atoms with Gasteiger partial charge in [-0.15, -0.1) is 10.2 Å². The van der Waals surface area contributed by atoms with Crippen LogP contribution in [0.4, 0.5) is 0 Å². The van der Waals surface area contributed by atoms with Crippen LogP contribution in [0.15, 0.2) is 53.1 Å². The van der Waals surface area contributed by atoms with E-state index in [9.17, 15) is 0 Å². The topological polar surface area (TPSA) is 59.5 Å². The predicted octanol–water partition coefficient (Wildman–Crippen LogP) is 3.98. The standard InChI is InChI=1S/C19H18ClN5O/c1-13-16(25-10-15(20)8-9-17(25)21-13)11-24(2)12-18-22-23-19(26-18)14-6-4-3-5-7-14/h3-10H,11-12H2,1-2H3. The summed E-state index contributed by atoms with van der Waals surface area (Å²) in [7, 11) is 2.01. The number of pyridine rings is 1. The van der Waals surface area contributed by atoms with Crippen molar-refractivity contribution in [2.45, 2.75) is 20.0 Å². The third kappa shape index (κ3) is 3.34. The number of aromatic nitrogens is 4. The van der Waals surface area contributed by atoms with Crippen LogP contribution < -0.4 is 0 Å². The van der Waals surface area contributed by atoms with Crippen molar-refractivity contribution in [3.63, 3.8) is 0 Å². The maximum Gasteiger partial charge on any atom is 0.247 e. The number of fused-ring (bicyclic) bond motifs is 1. The number of imidazole rings is 1. The Labute approximate surface area is 156 Å². The molecular formula is C19H18ClN5O. The minimum absolute atomic E-state index is 0.534. The summed E-state index contributed by atoms with van der Waals surface area (Å²) in [6, 6.07) is 13.5. The van der Waals surface area contributed by atoms with Gasteiger partial charge in [-0.3, -0.25) is 4.90 Å². The number of aryl methyl sites for hydroxylation is 1. The molecule has 0 radical (unpaired) electrons. The zero-order valence-electron chi connectivity index (χ0n) is 14.6. The Morgan fingerprint density at radius 3 is 2.69 bits per heavy atom. The van der Waals surface area contributed by atoms with Gasteiger partial charge in [0.2, 0.25) is 11.8 Å². The molecule has 4 rings (SSSR count). The molecule has 132 valence electrons. The fourth-order valence-electron chi connectivity index (χ4n) is 2.93. The second kappa shape index (κ2) is 6.90. The van der Waals surface area contributed by atoms with E-state index in [-0.39, 0.29) is 0 Å². The Bertz CT molecular complexity index is 1040. The molecule has 0 N–H and O–H groups in total. The maximum absolute atomic E-state index is 6.13. The molecule has 0 bridgehead atoms. The van der Waals surface area contributed by atoms with Gasteiger partial charge >= 0.3 is 0 Å². The number of hydrogen-bond acceptors (Lipinski definition) is 5. The maximum atomic E-state index is 6.13. The molecule has 0 aliphatic heterocycles. The summed E-state index contributed by atoms with van der Waals surface area (Å²) in [6.07, 6.45) is 1.89. The highest BCUT2D eigenvalue weighted by molar-refractivity contribution is 6.30. The van der Waals surface area contributed by atoms with E-state index in [0.29, 0.717) is 29.9 Å². The highest BCUT2D eigenvalue weighted by atomic mass is 35.5. The smallest absolute Gasteiger partial charge is 0.247 e. The lowest BCUT2D eigenvalue weighted by atomic mass is 10.2. The molecule has 0 saturated carbocycles. The van der Waals surface area contributed by atoms with Crippen molar-refractivity contribution in [1.29, 1.82) is 0 Å². The van der Waals surface area contributed by atoms with Gasteiger partial charge in [-0.1, -0.05) is 29.8 Å². The molecule has 0 saturated heterocycles. The lowest BCUT2D eigenvalue weighted by molar-refractivity contribution is 0.278. The lowest BCUT2D eigenvalue weighted by Gasteiger charge is -2.14. The lowest BCUT2D eigenvalue weighted by Crippen LogP contribution is -2.19. The summed E-state index contributed by atoms with van der Waals surface area (Å²) < 4.78 is 7.81. The van der Waals surface area contributed by atoms with Crippen LogP contribution in [0.2, 0.25) is 5.02 Å². The van der Waals surface area contributed by atoms with Gasteiger partial charge in [0.25, 0.3) is 0 Å². The van der Waals surface area contributed by atoms with Crippen LogP contribution in [0.1, 0.15) is 17.3 Å². The van der Waals surface area contributed by atoms with Crippen LogP contribution in [0.5, 0.6) is 0 Å². The van der Waals surface area contributed by atoms with Crippen molar-refractivity contribution in [2.75, 3.05) is 7.05 Å². The van der Waals surface area contributed by atoms with Gasteiger partial charge in [0, 0.05) is 18.3 Å². The van der Waals surface area contributed by atoms with Crippen LogP contribution in [-0.4, -0.2) is 31.5 Å². The molecule has 0 unspecified atom stereocenters. The molecule has 0 fully saturated rings. The minimum atomic E-state index is 0.534. The van der Waals surface area contributed by atoms with Gasteiger partial charge in [-0.25, -0.2) is 4.98 Å². The summed E-state index contributed by atoms with van der Waals surface area (Å²) in [5, 5.41) is 8.98. The number of hydrogen-bond donors (Lipinski definition) is 0. The van der Waals surface area contributed by atoms with Gasteiger partial charge in [-0.2, -0.15) is 0 Å². The SMILES string of the molecule is Cc1nc2ccc(Cl)cn2c1CN(C)Cc1nnc(-c2ccccc2)o1. The summed E-state index contributed by atoms with van der Waals surface area (Å²) in [6.45, 7) is 3.24. The number of benzene rings is 1. The molecular weight excluding hydrogens is 350 g/mol. The van der Waals surface area contributed by atoms with E-state index in [1.165, 1.54) is 0 Å². The van der Waals surface area contributed by atoms with E-state index in [2.05, 4.69) is 20.1 Å². The van der Waals surface area contributed by atoms with Gasteiger partial charge in [0.05, 0.1) is 23.0 Å². The molecule has 7 heteroatoms. The van der Waals surface area contributed by atoms with Crippen molar-refractivity contribution in [2.24, 2.45) is 0 Å². The first kappa shape index (κ1) is 16.8. The van der Waals surface area contributed by atoms with Crippen molar-refractivity contribution >= 4 is 17.2 Å². The first-order chi connectivity index (χ1) is 12.6. The molecule has 6 nitrogen and oxygen atoms in total. The highest BCUT2D eigenvalue weighted by Crippen LogP contribution is 2.20. The average molecular weight is 368 g/mol. The average Bonchev–Trinajstić information content (AvgIpc) is 3.21. The third-order valence-electron chi connectivity index (χ3n) is 4.19. The molecule has 0 amide bonds. The number of rotatable bonds is 5. The predicted molar refractivity (Wildman–Crippen MR) is 99.8 cm³/mol. The summed E-state index contributed by atoms with van der Waals surface area (Å²) in [5.41, 5.74) is 3.88. The normalized spacial score (nSPS) is 11.5. The van der Waals surface area contributed by atoms with E-state index >= 15 is 0 Å². The molecule has 0 aliphatic carbocycles. The fourth-order valence-corrected chi connectivity index (χ4v) is 3.09. The second-order valence-corrected chi connectivity index (χ2v) is 6.70. The van der Waals surface area contributed by atoms with Gasteiger partial charge in [0.15, 0.2) is 0 Å². The Balaban J connectivity index is 1.51. The van der Waals surface area contributed by atoms with Gasteiger partial charge in [0.1, 0.15) is 5.65 Å². The Morgan fingerprint density at radius 1 is 1.08 bits per heavy atom. The van der Waals surface area contributed by atoms with Crippen LogP contribution in [0.25, 0.3) is 17.1 Å². The number of halogens is 1. The van der Waals surface area contributed by atoms with Crippen molar-refractivity contribution in [1.82, 2.24) is 24.5 Å². The van der Waals surface area contributed by atoms with E-state index in [0.717, 1.165) is 22.6 Å². The van der Waals surface area contributed by atoms with Crippen LogP contribution in [-0.2, 0) is 13.1 Å². The van der Waals surface area contributed by atoms with Crippen LogP contribution in [0.3, 0.4) is 0 Å². The number of nitrogens with zero attached hydrogens (tertiary/aromatic N) is 5. The van der Waals surface area contributed by atoms with E-state index in [4.69, 9.17) is 16.0 Å². The molecule has 26 heavy (non-hydrogen) atoms. The first-order valence-electron chi connectivity index (χ1n) is 8.29. The molecule has 0 spiro atoms. The quantitative estimate of drug-likeness (QED) is 0.534. The third-order valence-corrected chi connectivity index (χ3v) is 4.42. The van der Waals surface area contributed by atoms with Crippen molar-refractivity contribution in [3.8, 4) is 11.5 Å². The van der Waals surface area contributed by atoms with Crippen molar-refractivity contribution in [3.05, 3.63) is 71.0 Å². The van der Waals surface area contributed by atoms with Crippen LogP contribution in [0, 0.1) is 6.92 Å². The molecule has 4 aromatic rings. The van der Waals surface area contributed by atoms with E-state index in [1.807, 2.05) is 67.0 Å².